The first-order chi connectivity index (χ1) is 10.3. The van der Waals surface area contributed by atoms with Gasteiger partial charge in [-0.2, -0.15) is 0 Å². The number of aromatic nitrogens is 3. The van der Waals surface area contributed by atoms with Gasteiger partial charge in [0.05, 0.1) is 0 Å². The summed E-state index contributed by atoms with van der Waals surface area (Å²) in [6.45, 7) is 3.42. The highest BCUT2D eigenvalue weighted by molar-refractivity contribution is 7.21. The zero-order valence-electron chi connectivity index (χ0n) is 10.9. The van der Waals surface area contributed by atoms with Crippen LogP contribution in [0.3, 0.4) is 0 Å². The van der Waals surface area contributed by atoms with Gasteiger partial charge in [-0.1, -0.05) is 24.0 Å². The van der Waals surface area contributed by atoms with E-state index in [1.165, 1.54) is 17.5 Å². The van der Waals surface area contributed by atoms with E-state index in [1.54, 1.807) is 18.6 Å². The third-order valence-electron chi connectivity index (χ3n) is 2.70. The molecule has 0 aromatic carbocycles. The normalized spacial score (nSPS) is 10.3. The average molecular weight is 297 g/mol. The summed E-state index contributed by atoms with van der Waals surface area (Å²) >= 11 is 1.31. The summed E-state index contributed by atoms with van der Waals surface area (Å²) in [5.41, 5.74) is 2.64. The Kier molecular flexibility index (Phi) is 3.57. The highest BCUT2D eigenvalue weighted by Gasteiger charge is 2.09. The van der Waals surface area contributed by atoms with Crippen molar-refractivity contribution in [2.45, 2.75) is 0 Å². The summed E-state index contributed by atoms with van der Waals surface area (Å²) in [5.74, 6) is 0. The molecule has 0 spiro atoms. The van der Waals surface area contributed by atoms with Crippen LogP contribution >= 0.6 is 11.3 Å². The second-order valence-corrected chi connectivity index (χ2v) is 5.09. The van der Waals surface area contributed by atoms with Gasteiger partial charge in [0.1, 0.15) is 10.3 Å². The van der Waals surface area contributed by atoms with Gasteiger partial charge in [0.25, 0.3) is 0 Å². The van der Waals surface area contributed by atoms with Crippen LogP contribution in [-0.4, -0.2) is 21.0 Å². The molecule has 3 aromatic rings. The van der Waals surface area contributed by atoms with Crippen molar-refractivity contribution in [3.8, 4) is 11.1 Å². The summed E-state index contributed by atoms with van der Waals surface area (Å²) in [6, 6.07) is 5.37. The molecule has 0 atom stereocenters. The van der Waals surface area contributed by atoms with E-state index in [1.807, 2.05) is 18.2 Å². The molecular formula is C14H11N5OS. The van der Waals surface area contributed by atoms with E-state index in [-0.39, 0.29) is 6.03 Å². The number of nitrogens with zero attached hydrogens (tertiary/aromatic N) is 3. The van der Waals surface area contributed by atoms with Gasteiger partial charge in [0.15, 0.2) is 5.13 Å². The molecule has 21 heavy (non-hydrogen) atoms. The van der Waals surface area contributed by atoms with Crippen molar-refractivity contribution in [3.05, 3.63) is 49.6 Å². The minimum absolute atomic E-state index is 0.378. The maximum Gasteiger partial charge on any atom is 0.324 e. The lowest BCUT2D eigenvalue weighted by atomic mass is 10.1. The number of carbonyl (C=O) groups excluding carboxylic acids is 1. The van der Waals surface area contributed by atoms with Crippen LogP contribution < -0.4 is 10.6 Å². The number of anilines is 1. The van der Waals surface area contributed by atoms with Crippen molar-refractivity contribution in [3.63, 3.8) is 0 Å². The summed E-state index contributed by atoms with van der Waals surface area (Å²) in [4.78, 5) is 25.0. The number of thiazole rings is 1. The van der Waals surface area contributed by atoms with Gasteiger partial charge >= 0.3 is 6.03 Å². The Hall–Kier alpha value is -2.80. The molecule has 0 saturated heterocycles. The number of hydrogen-bond acceptors (Lipinski definition) is 5. The number of urea groups is 1. The SMILES string of the molecule is C=CNC(=O)Nc1nc2cc(-c3cccnc3)cnc2s1. The third kappa shape index (κ3) is 2.87. The van der Waals surface area contributed by atoms with Crippen molar-refractivity contribution in [2.75, 3.05) is 5.32 Å². The first-order valence-electron chi connectivity index (χ1n) is 6.11. The highest BCUT2D eigenvalue weighted by atomic mass is 32.1. The van der Waals surface area contributed by atoms with Crippen LogP contribution in [0.1, 0.15) is 0 Å². The largest absolute Gasteiger partial charge is 0.324 e. The fourth-order valence-corrected chi connectivity index (χ4v) is 2.58. The predicted octanol–water partition coefficient (Wildman–Crippen LogP) is 3.02. The molecule has 3 aromatic heterocycles. The van der Waals surface area contributed by atoms with E-state index in [2.05, 4.69) is 32.2 Å². The predicted molar refractivity (Wildman–Crippen MR) is 83.0 cm³/mol. The van der Waals surface area contributed by atoms with Gasteiger partial charge in [-0.15, -0.1) is 0 Å². The van der Waals surface area contributed by atoms with Crippen molar-refractivity contribution >= 4 is 32.8 Å². The summed E-state index contributed by atoms with van der Waals surface area (Å²) in [5, 5.41) is 5.54. The molecule has 2 amide bonds. The quantitative estimate of drug-likeness (QED) is 0.778. The average Bonchev–Trinajstić information content (AvgIpc) is 2.89. The second-order valence-electron chi connectivity index (χ2n) is 4.11. The minimum atomic E-state index is -0.378. The summed E-state index contributed by atoms with van der Waals surface area (Å²) in [7, 11) is 0. The van der Waals surface area contributed by atoms with E-state index in [0.29, 0.717) is 5.13 Å². The number of fused-ring (bicyclic) bond motifs is 1. The van der Waals surface area contributed by atoms with Crippen LogP contribution in [0.4, 0.5) is 9.93 Å². The van der Waals surface area contributed by atoms with E-state index < -0.39 is 0 Å². The number of nitrogens with one attached hydrogen (secondary N) is 2. The van der Waals surface area contributed by atoms with Crippen LogP contribution in [0.2, 0.25) is 0 Å². The summed E-state index contributed by atoms with van der Waals surface area (Å²) < 4.78 is 0. The van der Waals surface area contributed by atoms with Gasteiger partial charge in [-0.05, 0) is 18.3 Å². The first-order valence-corrected chi connectivity index (χ1v) is 6.93. The molecule has 0 radical (unpaired) electrons. The van der Waals surface area contributed by atoms with Crippen molar-refractivity contribution in [2.24, 2.45) is 0 Å². The van der Waals surface area contributed by atoms with Crippen LogP contribution in [0, 0.1) is 0 Å². The lowest BCUT2D eigenvalue weighted by Crippen LogP contribution is -2.23. The van der Waals surface area contributed by atoms with Gasteiger partial charge in [0.2, 0.25) is 0 Å². The first kappa shape index (κ1) is 13.2. The maximum absolute atomic E-state index is 11.4. The molecule has 2 N–H and O–H groups in total. The van der Waals surface area contributed by atoms with E-state index in [4.69, 9.17) is 0 Å². The van der Waals surface area contributed by atoms with E-state index in [9.17, 15) is 4.79 Å². The second kappa shape index (κ2) is 5.68. The number of amides is 2. The Labute approximate surface area is 124 Å². The fraction of sp³-hybridized carbons (Fsp3) is 0. The third-order valence-corrected chi connectivity index (χ3v) is 3.59. The standard InChI is InChI=1S/C14H11N5OS/c1-2-16-13(20)19-14-18-11-6-10(8-17-12(11)21-14)9-4-3-5-15-7-9/h2-8H,1H2,(H2,16,18,19,20). The zero-order chi connectivity index (χ0) is 14.7. The van der Waals surface area contributed by atoms with Gasteiger partial charge in [-0.3, -0.25) is 10.3 Å². The van der Waals surface area contributed by atoms with Gasteiger partial charge in [0, 0.05) is 29.7 Å². The van der Waals surface area contributed by atoms with Crippen LogP contribution in [0.15, 0.2) is 49.6 Å². The number of hydrogen-bond donors (Lipinski definition) is 2. The highest BCUT2D eigenvalue weighted by Crippen LogP contribution is 2.27. The molecule has 7 heteroatoms. The molecule has 6 nitrogen and oxygen atoms in total. The molecular weight excluding hydrogens is 286 g/mol. The van der Waals surface area contributed by atoms with E-state index in [0.717, 1.165) is 21.5 Å². The molecule has 3 heterocycles. The molecule has 0 aliphatic carbocycles. The van der Waals surface area contributed by atoms with Crippen LogP contribution in [-0.2, 0) is 0 Å². The Bertz CT molecular complexity index is 799. The fourth-order valence-electron chi connectivity index (χ4n) is 1.79. The Morgan fingerprint density at radius 1 is 1.33 bits per heavy atom. The monoisotopic (exact) mass is 297 g/mol. The molecule has 0 aliphatic heterocycles. The van der Waals surface area contributed by atoms with Gasteiger partial charge in [-0.25, -0.2) is 14.8 Å². The van der Waals surface area contributed by atoms with Crippen molar-refractivity contribution in [1.29, 1.82) is 0 Å². The number of pyridine rings is 2. The zero-order valence-corrected chi connectivity index (χ0v) is 11.7. The molecule has 0 bridgehead atoms. The van der Waals surface area contributed by atoms with Gasteiger partial charge < -0.3 is 5.32 Å². The Morgan fingerprint density at radius 3 is 3.00 bits per heavy atom. The molecule has 0 fully saturated rings. The Morgan fingerprint density at radius 2 is 2.24 bits per heavy atom. The topological polar surface area (TPSA) is 79.8 Å². The minimum Gasteiger partial charge on any atom is -0.315 e. The molecule has 3 rings (SSSR count). The lowest BCUT2D eigenvalue weighted by Gasteiger charge is -1.99. The number of rotatable bonds is 3. The molecule has 0 saturated carbocycles. The smallest absolute Gasteiger partial charge is 0.315 e. The summed E-state index contributed by atoms with van der Waals surface area (Å²) in [6.07, 6.45) is 6.57. The molecule has 104 valence electrons. The van der Waals surface area contributed by atoms with E-state index >= 15 is 0 Å². The Balaban J connectivity index is 1.92. The molecule has 0 unspecified atom stereocenters. The lowest BCUT2D eigenvalue weighted by molar-refractivity contribution is 0.255. The molecule has 0 aliphatic rings. The maximum atomic E-state index is 11.4. The van der Waals surface area contributed by atoms with Crippen molar-refractivity contribution in [1.82, 2.24) is 20.3 Å². The number of carbonyl (C=O) groups is 1. The van der Waals surface area contributed by atoms with Crippen LogP contribution in [0.25, 0.3) is 21.5 Å². The van der Waals surface area contributed by atoms with Crippen LogP contribution in [0.5, 0.6) is 0 Å². The van der Waals surface area contributed by atoms with Crippen molar-refractivity contribution < 1.29 is 4.79 Å².